The van der Waals surface area contributed by atoms with Gasteiger partial charge in [-0.1, -0.05) is 12.1 Å². The van der Waals surface area contributed by atoms with Crippen molar-refractivity contribution in [2.45, 2.75) is 38.3 Å². The van der Waals surface area contributed by atoms with Crippen molar-refractivity contribution >= 4 is 5.91 Å². The number of hydrogen-bond donors (Lipinski definition) is 0. The molecule has 31 heavy (non-hydrogen) atoms. The van der Waals surface area contributed by atoms with Gasteiger partial charge in [-0.15, -0.1) is 0 Å². The maximum atomic E-state index is 14.8. The lowest BCUT2D eigenvalue weighted by Gasteiger charge is -2.49. The number of rotatable bonds is 4. The number of pyridine rings is 1. The summed E-state index contributed by atoms with van der Waals surface area (Å²) in [6.07, 6.45) is 7.55. The molecule has 0 radical (unpaired) electrons. The Labute approximate surface area is 180 Å². The van der Waals surface area contributed by atoms with Crippen molar-refractivity contribution in [1.82, 2.24) is 19.9 Å². The van der Waals surface area contributed by atoms with E-state index in [-0.39, 0.29) is 35.0 Å². The van der Waals surface area contributed by atoms with Gasteiger partial charge in [0.25, 0.3) is 5.91 Å². The zero-order chi connectivity index (χ0) is 21.4. The molecular weight excluding hydrogens is 395 g/mol. The highest BCUT2D eigenvalue weighted by Gasteiger charge is 2.45. The van der Waals surface area contributed by atoms with E-state index in [1.165, 1.54) is 6.07 Å². The van der Waals surface area contributed by atoms with Crippen LogP contribution < -0.4 is 4.74 Å². The predicted octanol–water partition coefficient (Wildman–Crippen LogP) is 4.06. The fourth-order valence-electron chi connectivity index (χ4n) is 4.68. The van der Waals surface area contributed by atoms with E-state index in [9.17, 15) is 9.18 Å². The second kappa shape index (κ2) is 8.06. The molecule has 1 aromatic carbocycles. The minimum atomic E-state index is -0.504. The molecule has 4 heterocycles. The number of aromatic nitrogens is 3. The highest BCUT2D eigenvalue weighted by molar-refractivity contribution is 6.00. The molecule has 3 fully saturated rings. The number of ether oxygens (including phenoxy) is 1. The first kappa shape index (κ1) is 19.6. The Morgan fingerprint density at radius 2 is 1.94 bits per heavy atom. The number of halogens is 1. The molecule has 3 aromatic rings. The van der Waals surface area contributed by atoms with Gasteiger partial charge in [-0.05, 0) is 55.9 Å². The topological polar surface area (TPSA) is 68.2 Å². The number of benzene rings is 1. The van der Waals surface area contributed by atoms with Gasteiger partial charge in [-0.3, -0.25) is 4.79 Å². The number of piperidine rings is 2. The molecule has 3 atom stereocenters. The van der Waals surface area contributed by atoms with E-state index < -0.39 is 5.82 Å². The van der Waals surface area contributed by atoms with Crippen molar-refractivity contribution in [3.05, 3.63) is 71.9 Å². The van der Waals surface area contributed by atoms with Crippen LogP contribution in [0.15, 0.2) is 55.0 Å². The third-order valence-electron chi connectivity index (χ3n) is 6.17. The van der Waals surface area contributed by atoms with Gasteiger partial charge >= 0.3 is 0 Å². The number of fused-ring (bicyclic) bond motifs is 3. The van der Waals surface area contributed by atoms with Crippen LogP contribution in [0.4, 0.5) is 4.39 Å². The molecule has 0 N–H and O–H groups in total. The summed E-state index contributed by atoms with van der Waals surface area (Å²) in [6.45, 7) is 2.63. The molecule has 1 amide bonds. The number of carbonyl (C=O) groups is 1. The van der Waals surface area contributed by atoms with E-state index in [4.69, 9.17) is 4.74 Å². The Kier molecular flexibility index (Phi) is 5.10. The number of hydrogen-bond acceptors (Lipinski definition) is 5. The second-order valence-corrected chi connectivity index (χ2v) is 8.27. The Bertz CT molecular complexity index is 1090. The fraction of sp³-hybridized carbons (Fsp3) is 0.333. The lowest BCUT2D eigenvalue weighted by atomic mass is 9.77. The Hall–Kier alpha value is -3.35. The van der Waals surface area contributed by atoms with Crippen molar-refractivity contribution < 1.29 is 13.9 Å². The molecule has 158 valence electrons. The molecule has 6 nitrogen and oxygen atoms in total. The molecule has 2 bridgehead atoms. The summed E-state index contributed by atoms with van der Waals surface area (Å²) in [7, 11) is 0. The van der Waals surface area contributed by atoms with Crippen LogP contribution in [0.3, 0.4) is 0 Å². The lowest BCUT2D eigenvalue weighted by Crippen LogP contribution is -2.59. The molecule has 2 aromatic heterocycles. The maximum absolute atomic E-state index is 14.8. The average molecular weight is 418 g/mol. The van der Waals surface area contributed by atoms with E-state index >= 15 is 0 Å². The number of aryl methyl sites for hydroxylation is 1. The monoisotopic (exact) mass is 418 g/mol. The number of amides is 1. The smallest absolute Gasteiger partial charge is 0.255 e. The van der Waals surface area contributed by atoms with Crippen LogP contribution in [-0.4, -0.2) is 44.4 Å². The summed E-state index contributed by atoms with van der Waals surface area (Å²) < 4.78 is 21.0. The third-order valence-corrected chi connectivity index (χ3v) is 6.17. The standard InChI is InChI=1S/C24H23FN4O2/c1-15-6-9-21(28-13-15)31-20-12-16-7-8-19(20)29(14-16)24(30)17-4-2-5-18(25)22(17)23-26-10-3-11-27-23/h2-6,9-11,13,16,19-20H,7-8,12,14H2,1H3/t16-,19-,20+/m0/s1. The Morgan fingerprint density at radius 3 is 2.68 bits per heavy atom. The van der Waals surface area contributed by atoms with Crippen molar-refractivity contribution in [2.24, 2.45) is 5.92 Å². The summed E-state index contributed by atoms with van der Waals surface area (Å²) in [5.74, 6) is 0.425. The van der Waals surface area contributed by atoms with Crippen LogP contribution in [0.5, 0.6) is 5.88 Å². The van der Waals surface area contributed by atoms with Gasteiger partial charge in [-0.25, -0.2) is 19.3 Å². The van der Waals surface area contributed by atoms with Crippen LogP contribution in [0.25, 0.3) is 11.4 Å². The van der Waals surface area contributed by atoms with Gasteiger partial charge in [0.1, 0.15) is 11.9 Å². The molecule has 3 aliphatic rings. The van der Waals surface area contributed by atoms with E-state index in [0.29, 0.717) is 18.3 Å². The zero-order valence-corrected chi connectivity index (χ0v) is 17.2. The van der Waals surface area contributed by atoms with Crippen molar-refractivity contribution in [2.75, 3.05) is 6.54 Å². The molecule has 1 aliphatic carbocycles. The quantitative estimate of drug-likeness (QED) is 0.639. The summed E-state index contributed by atoms with van der Waals surface area (Å²) in [4.78, 5) is 28.2. The minimum Gasteiger partial charge on any atom is -0.472 e. The first-order chi connectivity index (χ1) is 15.1. The van der Waals surface area contributed by atoms with Crippen LogP contribution >= 0.6 is 0 Å². The van der Waals surface area contributed by atoms with Crippen LogP contribution in [-0.2, 0) is 0 Å². The molecule has 2 aliphatic heterocycles. The SMILES string of the molecule is Cc1ccc(O[C@@H]2C[C@@H]3CC[C@@H]2N(C(=O)c2cccc(F)c2-c2ncccn2)C3)nc1. The molecule has 7 heteroatoms. The van der Waals surface area contributed by atoms with E-state index in [1.54, 1.807) is 36.8 Å². The average Bonchev–Trinajstić information content (AvgIpc) is 2.81. The first-order valence-electron chi connectivity index (χ1n) is 10.6. The van der Waals surface area contributed by atoms with Crippen molar-refractivity contribution in [3.63, 3.8) is 0 Å². The van der Waals surface area contributed by atoms with E-state index in [1.807, 2.05) is 24.0 Å². The highest BCUT2D eigenvalue weighted by Crippen LogP contribution is 2.38. The van der Waals surface area contributed by atoms with Gasteiger partial charge < -0.3 is 9.64 Å². The van der Waals surface area contributed by atoms with E-state index in [0.717, 1.165) is 24.8 Å². The van der Waals surface area contributed by atoms with Crippen LogP contribution in [0.1, 0.15) is 35.2 Å². The van der Waals surface area contributed by atoms with Crippen LogP contribution in [0.2, 0.25) is 0 Å². The molecule has 2 saturated heterocycles. The molecule has 0 spiro atoms. The largest absolute Gasteiger partial charge is 0.472 e. The van der Waals surface area contributed by atoms with Crippen LogP contribution in [0, 0.1) is 18.7 Å². The van der Waals surface area contributed by atoms with Gasteiger partial charge in [-0.2, -0.15) is 0 Å². The summed E-state index contributed by atoms with van der Waals surface area (Å²) >= 11 is 0. The third kappa shape index (κ3) is 3.76. The van der Waals surface area contributed by atoms with Gasteiger partial charge in [0.15, 0.2) is 5.82 Å². The van der Waals surface area contributed by atoms with E-state index in [2.05, 4.69) is 15.0 Å². The first-order valence-corrected chi connectivity index (χ1v) is 10.6. The van der Waals surface area contributed by atoms with Gasteiger partial charge in [0.2, 0.25) is 5.88 Å². The molecule has 0 unspecified atom stereocenters. The van der Waals surface area contributed by atoms with Gasteiger partial charge in [0, 0.05) is 31.2 Å². The Morgan fingerprint density at radius 1 is 1.10 bits per heavy atom. The Balaban J connectivity index is 1.45. The molecule has 1 saturated carbocycles. The van der Waals surface area contributed by atoms with Crippen molar-refractivity contribution in [3.8, 4) is 17.3 Å². The maximum Gasteiger partial charge on any atom is 0.255 e. The summed E-state index contributed by atoms with van der Waals surface area (Å²) in [5.41, 5.74) is 1.49. The second-order valence-electron chi connectivity index (χ2n) is 8.27. The summed E-state index contributed by atoms with van der Waals surface area (Å²) in [5, 5.41) is 0. The molecule has 6 rings (SSSR count). The van der Waals surface area contributed by atoms with Gasteiger partial charge in [0.05, 0.1) is 17.2 Å². The highest BCUT2D eigenvalue weighted by atomic mass is 19.1. The fourth-order valence-corrected chi connectivity index (χ4v) is 4.68. The summed E-state index contributed by atoms with van der Waals surface area (Å²) in [6, 6.07) is 9.95. The normalized spacial score (nSPS) is 22.4. The minimum absolute atomic E-state index is 0.0755. The lowest BCUT2D eigenvalue weighted by molar-refractivity contribution is -0.0313. The number of nitrogens with zero attached hydrogens (tertiary/aromatic N) is 4. The molecular formula is C24H23FN4O2. The predicted molar refractivity (Wildman–Crippen MR) is 113 cm³/mol. The zero-order valence-electron chi connectivity index (χ0n) is 17.2. The number of carbonyl (C=O) groups excluding carboxylic acids is 1. The van der Waals surface area contributed by atoms with Crippen molar-refractivity contribution in [1.29, 1.82) is 0 Å².